The van der Waals surface area contributed by atoms with Gasteiger partial charge in [-0.15, -0.1) is 0 Å². The van der Waals surface area contributed by atoms with Gasteiger partial charge in [-0.2, -0.15) is 4.98 Å². The van der Waals surface area contributed by atoms with Crippen molar-refractivity contribution in [3.63, 3.8) is 0 Å². The number of aromatic nitrogens is 2. The number of anilines is 2. The molecule has 2 aromatic rings. The van der Waals surface area contributed by atoms with Crippen LogP contribution in [-0.2, 0) is 22.4 Å². The van der Waals surface area contributed by atoms with Crippen LogP contribution in [-0.4, -0.2) is 60.7 Å². The number of carbonyl (C=O) groups is 1. The third-order valence-electron chi connectivity index (χ3n) is 6.45. The highest BCUT2D eigenvalue weighted by atomic mass is 16.5. The Labute approximate surface area is 209 Å². The first-order valence-corrected chi connectivity index (χ1v) is 12.9. The summed E-state index contributed by atoms with van der Waals surface area (Å²) in [6, 6.07) is 5.88. The van der Waals surface area contributed by atoms with Crippen molar-refractivity contribution >= 4 is 17.7 Å². The molecule has 1 saturated heterocycles. The van der Waals surface area contributed by atoms with Gasteiger partial charge in [0.1, 0.15) is 11.6 Å². The van der Waals surface area contributed by atoms with Gasteiger partial charge in [-0.1, -0.05) is 25.5 Å². The summed E-state index contributed by atoms with van der Waals surface area (Å²) in [5, 5.41) is 3.40. The molecule has 35 heavy (non-hydrogen) atoms. The lowest BCUT2D eigenvalue weighted by Crippen LogP contribution is -2.20. The van der Waals surface area contributed by atoms with Crippen LogP contribution in [0.1, 0.15) is 67.8 Å². The van der Waals surface area contributed by atoms with E-state index in [-0.39, 0.29) is 18.3 Å². The number of unbranched alkanes of at least 4 members (excludes halogenated alkanes) is 2. The summed E-state index contributed by atoms with van der Waals surface area (Å²) < 4.78 is 11.1. The van der Waals surface area contributed by atoms with Crippen LogP contribution in [0.15, 0.2) is 18.2 Å². The van der Waals surface area contributed by atoms with E-state index in [0.29, 0.717) is 13.0 Å². The van der Waals surface area contributed by atoms with Crippen molar-refractivity contribution in [3.05, 3.63) is 40.6 Å². The molecule has 0 unspecified atom stereocenters. The second-order valence-electron chi connectivity index (χ2n) is 9.25. The van der Waals surface area contributed by atoms with Crippen LogP contribution in [0.25, 0.3) is 0 Å². The number of nitrogens with one attached hydrogen (secondary N) is 1. The Morgan fingerprint density at radius 2 is 1.97 bits per heavy atom. The Bertz CT molecular complexity index is 960. The second kappa shape index (κ2) is 13.9. The summed E-state index contributed by atoms with van der Waals surface area (Å²) in [4.78, 5) is 23.6. The Kier molecular flexibility index (Phi) is 10.6. The van der Waals surface area contributed by atoms with Gasteiger partial charge in [-0.25, -0.2) is 4.98 Å². The van der Waals surface area contributed by atoms with E-state index in [9.17, 15) is 4.79 Å². The fourth-order valence-corrected chi connectivity index (χ4v) is 4.44. The molecule has 8 nitrogen and oxygen atoms in total. The van der Waals surface area contributed by atoms with Crippen molar-refractivity contribution in [3.8, 4) is 5.75 Å². The highest BCUT2D eigenvalue weighted by molar-refractivity contribution is 5.72. The molecule has 1 aliphatic rings. The molecule has 0 radical (unpaired) electrons. The molecule has 0 spiro atoms. The van der Waals surface area contributed by atoms with Gasteiger partial charge < -0.3 is 25.4 Å². The number of hydrogen-bond donors (Lipinski definition) is 2. The third-order valence-corrected chi connectivity index (χ3v) is 6.45. The van der Waals surface area contributed by atoms with E-state index < -0.39 is 0 Å². The number of nitrogens with two attached hydrogens (primary N) is 1. The lowest BCUT2D eigenvalue weighted by molar-refractivity contribution is -0.142. The Morgan fingerprint density at radius 1 is 1.17 bits per heavy atom. The van der Waals surface area contributed by atoms with Crippen LogP contribution in [0.4, 0.5) is 11.8 Å². The van der Waals surface area contributed by atoms with E-state index in [1.807, 2.05) is 25.1 Å². The fourth-order valence-electron chi connectivity index (χ4n) is 4.44. The number of hydrogen-bond acceptors (Lipinski definition) is 8. The van der Waals surface area contributed by atoms with Crippen molar-refractivity contribution in [2.75, 3.05) is 50.9 Å². The van der Waals surface area contributed by atoms with Crippen LogP contribution in [0.3, 0.4) is 0 Å². The van der Waals surface area contributed by atoms with Gasteiger partial charge in [0.05, 0.1) is 20.1 Å². The van der Waals surface area contributed by atoms with Gasteiger partial charge in [-0.3, -0.25) is 4.79 Å². The lowest BCUT2D eigenvalue weighted by atomic mass is 10.0. The Morgan fingerprint density at radius 3 is 2.71 bits per heavy atom. The maximum Gasteiger partial charge on any atom is 0.310 e. The van der Waals surface area contributed by atoms with Crippen molar-refractivity contribution in [1.82, 2.24) is 14.9 Å². The maximum absolute atomic E-state index is 12.3. The van der Waals surface area contributed by atoms with E-state index >= 15 is 0 Å². The molecule has 0 saturated carbocycles. The number of nitrogens with zero attached hydrogens (tertiary/aromatic N) is 3. The minimum atomic E-state index is -0.203. The van der Waals surface area contributed by atoms with Crippen LogP contribution < -0.4 is 15.8 Å². The molecule has 3 N–H and O–H groups in total. The summed E-state index contributed by atoms with van der Waals surface area (Å²) >= 11 is 0. The van der Waals surface area contributed by atoms with Crippen molar-refractivity contribution in [2.45, 2.75) is 65.2 Å². The zero-order valence-corrected chi connectivity index (χ0v) is 21.6. The maximum atomic E-state index is 12.3. The number of ether oxygens (including phenoxy) is 2. The number of likely N-dealkylation sites (tertiary alicyclic amines) is 1. The minimum Gasteiger partial charge on any atom is -0.496 e. The van der Waals surface area contributed by atoms with E-state index in [1.165, 1.54) is 25.9 Å². The van der Waals surface area contributed by atoms with Gasteiger partial charge in [0.15, 0.2) is 0 Å². The molecular weight excluding hydrogens is 442 g/mol. The molecule has 1 fully saturated rings. The lowest BCUT2D eigenvalue weighted by Gasteiger charge is -2.16. The number of nitrogen functional groups attached to an aromatic ring is 1. The van der Waals surface area contributed by atoms with E-state index in [0.717, 1.165) is 72.7 Å². The van der Waals surface area contributed by atoms with Crippen LogP contribution >= 0.6 is 0 Å². The standard InChI is InChI=1S/C27H41N5O3/c1-4-5-12-29-26-23(20(2)30-27(28)31-26)19-22-11-10-21(17-24(22)34-3)18-25(33)35-16-9-8-15-32-13-6-7-14-32/h10-11,17H,4-9,12-16,18-19H2,1-3H3,(H3,28,29,30,31). The number of aryl methyl sites for hydroxylation is 1. The predicted octanol–water partition coefficient (Wildman–Crippen LogP) is 4.14. The fraction of sp³-hybridized carbons (Fsp3) is 0.593. The van der Waals surface area contributed by atoms with Gasteiger partial charge in [0.25, 0.3) is 0 Å². The first-order valence-electron chi connectivity index (χ1n) is 12.9. The summed E-state index contributed by atoms with van der Waals surface area (Å²) in [6.07, 6.45) is 7.57. The molecule has 0 atom stereocenters. The number of benzene rings is 1. The average Bonchev–Trinajstić information content (AvgIpc) is 3.35. The van der Waals surface area contributed by atoms with Crippen LogP contribution in [0, 0.1) is 6.92 Å². The SMILES string of the molecule is CCCCNc1nc(N)nc(C)c1Cc1ccc(CC(=O)OCCCCN2CCCC2)cc1OC. The molecule has 2 heterocycles. The monoisotopic (exact) mass is 483 g/mol. The minimum absolute atomic E-state index is 0.203. The van der Waals surface area contributed by atoms with Crippen molar-refractivity contribution in [2.24, 2.45) is 0 Å². The summed E-state index contributed by atoms with van der Waals surface area (Å²) in [5.41, 5.74) is 9.61. The quantitative estimate of drug-likeness (QED) is 0.305. The highest BCUT2D eigenvalue weighted by Gasteiger charge is 2.16. The third kappa shape index (κ3) is 8.38. The predicted molar refractivity (Wildman–Crippen MR) is 140 cm³/mol. The topological polar surface area (TPSA) is 103 Å². The summed E-state index contributed by atoms with van der Waals surface area (Å²) in [5.74, 6) is 1.56. The van der Waals surface area contributed by atoms with Crippen LogP contribution in [0.2, 0.25) is 0 Å². The number of esters is 1. The number of carbonyl (C=O) groups excluding carboxylic acids is 1. The number of methoxy groups -OCH3 is 1. The zero-order valence-electron chi connectivity index (χ0n) is 21.6. The summed E-state index contributed by atoms with van der Waals surface area (Å²) in [6.45, 7) is 8.92. The molecule has 1 aromatic carbocycles. The molecule has 3 rings (SSSR count). The smallest absolute Gasteiger partial charge is 0.310 e. The Balaban J connectivity index is 1.56. The van der Waals surface area contributed by atoms with Crippen molar-refractivity contribution < 1.29 is 14.3 Å². The molecule has 0 amide bonds. The largest absolute Gasteiger partial charge is 0.496 e. The first-order chi connectivity index (χ1) is 17.0. The van der Waals surface area contributed by atoms with Crippen molar-refractivity contribution in [1.29, 1.82) is 0 Å². The molecule has 0 aliphatic carbocycles. The van der Waals surface area contributed by atoms with E-state index in [1.54, 1.807) is 7.11 Å². The van der Waals surface area contributed by atoms with E-state index in [4.69, 9.17) is 15.2 Å². The van der Waals surface area contributed by atoms with Crippen LogP contribution in [0.5, 0.6) is 5.75 Å². The molecular formula is C27H41N5O3. The normalized spacial score (nSPS) is 13.7. The molecule has 192 valence electrons. The number of rotatable bonds is 14. The highest BCUT2D eigenvalue weighted by Crippen LogP contribution is 2.28. The van der Waals surface area contributed by atoms with Gasteiger partial charge >= 0.3 is 5.97 Å². The molecule has 0 bridgehead atoms. The first kappa shape index (κ1) is 26.7. The average molecular weight is 484 g/mol. The van der Waals surface area contributed by atoms with E-state index in [2.05, 4.69) is 27.1 Å². The summed E-state index contributed by atoms with van der Waals surface area (Å²) in [7, 11) is 1.65. The zero-order chi connectivity index (χ0) is 25.0. The van der Waals surface area contributed by atoms with Gasteiger partial charge in [0.2, 0.25) is 5.95 Å². The second-order valence-corrected chi connectivity index (χ2v) is 9.25. The van der Waals surface area contributed by atoms with Gasteiger partial charge in [0, 0.05) is 24.2 Å². The molecule has 8 heteroatoms. The Hall–Kier alpha value is -2.87. The molecule has 1 aliphatic heterocycles. The van der Waals surface area contributed by atoms with Gasteiger partial charge in [-0.05, 0) is 75.9 Å². The molecule has 1 aromatic heterocycles.